The Morgan fingerprint density at radius 3 is 2.54 bits per heavy atom. The third-order valence-corrected chi connectivity index (χ3v) is 5.33. The molecular weight excluding hydrogens is 371 g/mol. The largest absolute Gasteiger partial charge is 0.321 e. The number of amides is 1. The van der Waals surface area contributed by atoms with Crippen LogP contribution in [-0.4, -0.2) is 10.9 Å². The molecule has 4 aromatic rings. The number of aromatic nitrogens is 1. The minimum atomic E-state index is -0.396. The minimum Gasteiger partial charge on any atom is -0.321 e. The number of hydrogen-bond donors (Lipinski definition) is 1. The predicted molar refractivity (Wildman–Crippen MR) is 111 cm³/mol. The Morgan fingerprint density at radius 1 is 0.964 bits per heavy atom. The molecule has 4 rings (SSSR count). The normalized spacial score (nSPS) is 10.8. The van der Waals surface area contributed by atoms with Gasteiger partial charge in [0.25, 0.3) is 5.91 Å². The van der Waals surface area contributed by atoms with Crippen LogP contribution in [0.1, 0.15) is 16.1 Å². The zero-order valence-electron chi connectivity index (χ0n) is 15.1. The summed E-state index contributed by atoms with van der Waals surface area (Å²) in [4.78, 5) is 19.4. The number of nitrogens with zero attached hydrogens (tertiary/aromatic N) is 1. The van der Waals surface area contributed by atoms with E-state index in [-0.39, 0.29) is 5.91 Å². The van der Waals surface area contributed by atoms with E-state index in [0.29, 0.717) is 27.8 Å². The Kier molecular flexibility index (Phi) is 5.08. The van der Waals surface area contributed by atoms with Gasteiger partial charge in [-0.25, -0.2) is 4.39 Å². The maximum absolute atomic E-state index is 13.8. The summed E-state index contributed by atoms with van der Waals surface area (Å²) in [5.74, 6) is -0.686. The highest BCUT2D eigenvalue weighted by atomic mass is 32.2. The van der Waals surface area contributed by atoms with Crippen molar-refractivity contribution < 1.29 is 9.18 Å². The van der Waals surface area contributed by atoms with E-state index in [9.17, 15) is 9.18 Å². The lowest BCUT2D eigenvalue weighted by atomic mass is 10.1. The van der Waals surface area contributed by atoms with Crippen LogP contribution in [0.4, 0.5) is 10.1 Å². The number of aryl methyl sites for hydroxylation is 1. The van der Waals surface area contributed by atoms with Gasteiger partial charge in [0.1, 0.15) is 5.82 Å². The number of benzene rings is 3. The standard InChI is InChI=1S/C23H17FN2OS/c1-15-13-19(18-14-16(24)11-12-20(18)25-15)23(27)26-21-9-5-6-10-22(21)28-17-7-3-2-4-8-17/h2-14H,1H3,(H,26,27). The van der Waals surface area contributed by atoms with Crippen LogP contribution in [0.5, 0.6) is 0 Å². The van der Waals surface area contributed by atoms with Crippen molar-refractivity contribution in [2.75, 3.05) is 5.32 Å². The van der Waals surface area contributed by atoms with E-state index in [1.165, 1.54) is 12.1 Å². The minimum absolute atomic E-state index is 0.290. The molecule has 0 unspecified atom stereocenters. The number of carbonyl (C=O) groups excluding carboxylic acids is 1. The molecule has 1 heterocycles. The van der Waals surface area contributed by atoms with Crippen LogP contribution < -0.4 is 5.32 Å². The Bertz CT molecular complexity index is 1160. The summed E-state index contributed by atoms with van der Waals surface area (Å²) in [7, 11) is 0. The Labute approximate surface area is 166 Å². The van der Waals surface area contributed by atoms with Crippen LogP contribution in [0.15, 0.2) is 88.7 Å². The molecule has 1 aromatic heterocycles. The molecule has 3 nitrogen and oxygen atoms in total. The molecule has 0 atom stereocenters. The van der Waals surface area contributed by atoms with Crippen molar-refractivity contribution in [3.63, 3.8) is 0 Å². The molecule has 0 aliphatic carbocycles. The smallest absolute Gasteiger partial charge is 0.256 e. The first-order chi connectivity index (χ1) is 13.6. The van der Waals surface area contributed by atoms with Gasteiger partial charge in [0.2, 0.25) is 0 Å². The topological polar surface area (TPSA) is 42.0 Å². The number of pyridine rings is 1. The number of halogens is 1. The molecule has 28 heavy (non-hydrogen) atoms. The van der Waals surface area contributed by atoms with Gasteiger partial charge in [0.05, 0.1) is 16.8 Å². The summed E-state index contributed by atoms with van der Waals surface area (Å²) >= 11 is 1.57. The third kappa shape index (κ3) is 3.89. The van der Waals surface area contributed by atoms with Crippen LogP contribution in [0.3, 0.4) is 0 Å². The van der Waals surface area contributed by atoms with E-state index in [1.807, 2.05) is 61.5 Å². The average Bonchev–Trinajstić information content (AvgIpc) is 2.70. The summed E-state index contributed by atoms with van der Waals surface area (Å²) < 4.78 is 13.8. The fourth-order valence-corrected chi connectivity index (χ4v) is 3.91. The Morgan fingerprint density at radius 2 is 1.71 bits per heavy atom. The van der Waals surface area contributed by atoms with Crippen LogP contribution in [0.25, 0.3) is 10.9 Å². The van der Waals surface area contributed by atoms with Crippen LogP contribution in [0.2, 0.25) is 0 Å². The van der Waals surface area contributed by atoms with Crippen molar-refractivity contribution in [2.24, 2.45) is 0 Å². The number of carbonyl (C=O) groups is 1. The second kappa shape index (κ2) is 7.82. The SMILES string of the molecule is Cc1cc(C(=O)Nc2ccccc2Sc2ccccc2)c2cc(F)ccc2n1. The monoisotopic (exact) mass is 388 g/mol. The van der Waals surface area contributed by atoms with Gasteiger partial charge >= 0.3 is 0 Å². The first-order valence-corrected chi connectivity index (χ1v) is 9.62. The van der Waals surface area contributed by atoms with Crippen molar-refractivity contribution in [3.05, 3.63) is 95.9 Å². The van der Waals surface area contributed by atoms with Gasteiger partial charge in [0, 0.05) is 20.9 Å². The number of nitrogens with one attached hydrogen (secondary N) is 1. The highest BCUT2D eigenvalue weighted by Gasteiger charge is 2.15. The first kappa shape index (κ1) is 18.2. The van der Waals surface area contributed by atoms with Crippen LogP contribution in [0, 0.1) is 12.7 Å². The molecular formula is C23H17FN2OS. The molecule has 138 valence electrons. The molecule has 5 heteroatoms. The lowest BCUT2D eigenvalue weighted by Gasteiger charge is -2.12. The quantitative estimate of drug-likeness (QED) is 0.460. The maximum Gasteiger partial charge on any atom is 0.256 e. The van der Waals surface area contributed by atoms with Crippen molar-refractivity contribution in [1.29, 1.82) is 0 Å². The Hall–Kier alpha value is -3.18. The number of rotatable bonds is 4. The summed E-state index contributed by atoms with van der Waals surface area (Å²) in [6.45, 7) is 1.82. The molecule has 0 fully saturated rings. The van der Waals surface area contributed by atoms with Crippen molar-refractivity contribution in [1.82, 2.24) is 4.98 Å². The van der Waals surface area contributed by atoms with E-state index in [1.54, 1.807) is 23.9 Å². The van der Waals surface area contributed by atoms with Gasteiger partial charge in [-0.05, 0) is 55.5 Å². The predicted octanol–water partition coefficient (Wildman–Crippen LogP) is 6.09. The number of anilines is 1. The zero-order valence-corrected chi connectivity index (χ0v) is 16.0. The zero-order chi connectivity index (χ0) is 19.5. The molecule has 0 bridgehead atoms. The molecule has 0 aliphatic rings. The van der Waals surface area contributed by atoms with Gasteiger partial charge in [-0.15, -0.1) is 0 Å². The summed E-state index contributed by atoms with van der Waals surface area (Å²) in [5.41, 5.74) is 2.41. The molecule has 1 amide bonds. The summed E-state index contributed by atoms with van der Waals surface area (Å²) in [6.07, 6.45) is 0. The fraction of sp³-hybridized carbons (Fsp3) is 0.0435. The Balaban J connectivity index is 1.68. The van der Waals surface area contributed by atoms with E-state index < -0.39 is 5.82 Å². The van der Waals surface area contributed by atoms with Gasteiger partial charge in [-0.3, -0.25) is 9.78 Å². The number of fused-ring (bicyclic) bond motifs is 1. The van der Waals surface area contributed by atoms with E-state index in [0.717, 1.165) is 9.79 Å². The highest BCUT2D eigenvalue weighted by molar-refractivity contribution is 7.99. The first-order valence-electron chi connectivity index (χ1n) is 8.80. The van der Waals surface area contributed by atoms with E-state index >= 15 is 0 Å². The second-order valence-corrected chi connectivity index (χ2v) is 7.45. The lowest BCUT2D eigenvalue weighted by Crippen LogP contribution is -2.14. The van der Waals surface area contributed by atoms with Gasteiger partial charge in [0.15, 0.2) is 0 Å². The highest BCUT2D eigenvalue weighted by Crippen LogP contribution is 2.33. The van der Waals surface area contributed by atoms with Crippen LogP contribution >= 0.6 is 11.8 Å². The fourth-order valence-electron chi connectivity index (χ4n) is 2.98. The van der Waals surface area contributed by atoms with Gasteiger partial charge in [-0.2, -0.15) is 0 Å². The van der Waals surface area contributed by atoms with Crippen molar-refractivity contribution in [2.45, 2.75) is 16.7 Å². The molecule has 1 N–H and O–H groups in total. The van der Waals surface area contributed by atoms with Crippen molar-refractivity contribution >= 4 is 34.3 Å². The maximum atomic E-state index is 13.8. The molecule has 0 radical (unpaired) electrons. The summed E-state index contributed by atoms with van der Waals surface area (Å²) in [6, 6.07) is 23.6. The molecule has 0 saturated carbocycles. The third-order valence-electron chi connectivity index (χ3n) is 4.25. The second-order valence-electron chi connectivity index (χ2n) is 6.34. The van der Waals surface area contributed by atoms with E-state index in [4.69, 9.17) is 0 Å². The average molecular weight is 388 g/mol. The van der Waals surface area contributed by atoms with Gasteiger partial charge < -0.3 is 5.32 Å². The van der Waals surface area contributed by atoms with Crippen molar-refractivity contribution in [3.8, 4) is 0 Å². The molecule has 3 aromatic carbocycles. The molecule has 0 saturated heterocycles. The molecule has 0 aliphatic heterocycles. The molecule has 0 spiro atoms. The number of hydrogen-bond acceptors (Lipinski definition) is 3. The number of para-hydroxylation sites is 1. The van der Waals surface area contributed by atoms with Crippen LogP contribution in [-0.2, 0) is 0 Å². The lowest BCUT2D eigenvalue weighted by molar-refractivity contribution is 0.102. The van der Waals surface area contributed by atoms with E-state index in [2.05, 4.69) is 10.3 Å². The summed E-state index contributed by atoms with van der Waals surface area (Å²) in [5, 5.41) is 3.47. The van der Waals surface area contributed by atoms with Gasteiger partial charge in [-0.1, -0.05) is 42.1 Å².